The van der Waals surface area contributed by atoms with Crippen molar-refractivity contribution >= 4 is 21.4 Å². The Labute approximate surface area is 194 Å². The van der Waals surface area contributed by atoms with Gasteiger partial charge in [0.25, 0.3) is 5.69 Å². The van der Waals surface area contributed by atoms with Crippen LogP contribution in [0, 0.1) is 10.1 Å². The van der Waals surface area contributed by atoms with Crippen molar-refractivity contribution in [3.8, 4) is 11.5 Å². The molecule has 0 spiro atoms. The monoisotopic (exact) mass is 478 g/mol. The van der Waals surface area contributed by atoms with Gasteiger partial charge >= 0.3 is 0 Å². The van der Waals surface area contributed by atoms with Gasteiger partial charge in [0.15, 0.2) is 11.5 Å². The van der Waals surface area contributed by atoms with E-state index >= 15 is 0 Å². The number of nitro benzene ring substituents is 1. The molecule has 0 bridgehead atoms. The summed E-state index contributed by atoms with van der Waals surface area (Å²) in [5, 5.41) is 14.9. The fourth-order valence-electron chi connectivity index (χ4n) is 3.92. The van der Waals surface area contributed by atoms with E-state index in [2.05, 4.69) is 5.32 Å². The topological polar surface area (TPSA) is 114 Å². The summed E-state index contributed by atoms with van der Waals surface area (Å²) >= 11 is 0. The molecule has 1 N–H and O–H groups in total. The van der Waals surface area contributed by atoms with Gasteiger partial charge < -0.3 is 19.7 Å². The number of anilines is 1. The van der Waals surface area contributed by atoms with Gasteiger partial charge in [0.1, 0.15) is 5.69 Å². The van der Waals surface area contributed by atoms with E-state index in [4.69, 9.17) is 9.47 Å². The van der Waals surface area contributed by atoms with Crippen LogP contribution in [0.5, 0.6) is 11.5 Å². The van der Waals surface area contributed by atoms with Crippen molar-refractivity contribution in [3.05, 3.63) is 52.1 Å². The maximum Gasteiger partial charge on any atom is 0.293 e. The zero-order valence-electron chi connectivity index (χ0n) is 19.3. The Kier molecular flexibility index (Phi) is 7.77. The van der Waals surface area contributed by atoms with Gasteiger partial charge in [-0.2, -0.15) is 4.31 Å². The standard InChI is InChI=1S/C22H30N4O6S/c1-24(2)20(16-7-10-21(31-3)22(13-16)32-4)15-23-18-9-8-17(14-19(18)26(27)28)33(29,30)25-11-5-6-12-25/h7-10,13-14,20,23H,5-6,11-12,15H2,1-4H3/t20-/m1/s1. The molecule has 0 saturated carbocycles. The molecular formula is C22H30N4O6S. The summed E-state index contributed by atoms with van der Waals surface area (Å²) in [5.41, 5.74) is 0.911. The van der Waals surface area contributed by atoms with Crippen molar-refractivity contribution in [1.29, 1.82) is 0 Å². The molecule has 1 aliphatic heterocycles. The highest BCUT2D eigenvalue weighted by Gasteiger charge is 2.29. The van der Waals surface area contributed by atoms with Gasteiger partial charge in [-0.05, 0) is 56.8 Å². The molecule has 0 unspecified atom stereocenters. The Morgan fingerprint density at radius 3 is 2.33 bits per heavy atom. The summed E-state index contributed by atoms with van der Waals surface area (Å²) in [5.74, 6) is 1.20. The van der Waals surface area contributed by atoms with Crippen molar-refractivity contribution in [2.75, 3.05) is 53.3 Å². The molecule has 0 radical (unpaired) electrons. The van der Waals surface area contributed by atoms with Gasteiger partial charge in [0.2, 0.25) is 10.0 Å². The van der Waals surface area contributed by atoms with E-state index in [1.165, 1.54) is 16.4 Å². The van der Waals surface area contributed by atoms with Crippen molar-refractivity contribution in [2.45, 2.75) is 23.8 Å². The van der Waals surface area contributed by atoms with Crippen molar-refractivity contribution in [3.63, 3.8) is 0 Å². The number of likely N-dealkylation sites (N-methyl/N-ethyl adjacent to an activating group) is 1. The number of rotatable bonds is 10. The molecule has 1 atom stereocenters. The summed E-state index contributed by atoms with van der Waals surface area (Å²) in [7, 11) is 3.19. The highest BCUT2D eigenvalue weighted by Crippen LogP contribution is 2.33. The molecule has 3 rings (SSSR count). The molecule has 0 aliphatic carbocycles. The van der Waals surface area contributed by atoms with E-state index in [0.29, 0.717) is 31.1 Å². The highest BCUT2D eigenvalue weighted by atomic mass is 32.2. The lowest BCUT2D eigenvalue weighted by Gasteiger charge is -2.26. The lowest BCUT2D eigenvalue weighted by Crippen LogP contribution is -2.28. The van der Waals surface area contributed by atoms with E-state index in [1.54, 1.807) is 14.2 Å². The van der Waals surface area contributed by atoms with Crippen LogP contribution in [0.15, 0.2) is 41.3 Å². The second kappa shape index (κ2) is 10.4. The average Bonchev–Trinajstić information content (AvgIpc) is 3.34. The Balaban J connectivity index is 1.86. The van der Waals surface area contributed by atoms with Crippen LogP contribution in [0.4, 0.5) is 11.4 Å². The first-order chi connectivity index (χ1) is 15.7. The van der Waals surface area contributed by atoms with E-state index in [-0.39, 0.29) is 22.3 Å². The predicted octanol–water partition coefficient (Wildman–Crippen LogP) is 3.11. The molecule has 0 amide bonds. The van der Waals surface area contributed by atoms with Crippen LogP contribution in [0.25, 0.3) is 0 Å². The number of sulfonamides is 1. The zero-order valence-corrected chi connectivity index (χ0v) is 20.1. The number of nitro groups is 1. The lowest BCUT2D eigenvalue weighted by atomic mass is 10.0. The van der Waals surface area contributed by atoms with Crippen molar-refractivity contribution < 1.29 is 22.8 Å². The Hall–Kier alpha value is -2.89. The fourth-order valence-corrected chi connectivity index (χ4v) is 5.45. The highest BCUT2D eigenvalue weighted by molar-refractivity contribution is 7.89. The number of nitrogens with zero attached hydrogens (tertiary/aromatic N) is 3. The summed E-state index contributed by atoms with van der Waals surface area (Å²) in [6.45, 7) is 1.22. The van der Waals surface area contributed by atoms with E-state index in [1.807, 2.05) is 37.2 Å². The van der Waals surface area contributed by atoms with Gasteiger partial charge in [-0.15, -0.1) is 0 Å². The fraction of sp³-hybridized carbons (Fsp3) is 0.455. The van der Waals surface area contributed by atoms with Crippen LogP contribution in [0.3, 0.4) is 0 Å². The van der Waals surface area contributed by atoms with E-state index < -0.39 is 14.9 Å². The second-order valence-electron chi connectivity index (χ2n) is 8.02. The number of ether oxygens (including phenoxy) is 2. The first-order valence-corrected chi connectivity index (χ1v) is 12.0. The molecule has 1 fully saturated rings. The smallest absolute Gasteiger partial charge is 0.293 e. The third kappa shape index (κ3) is 5.37. The quantitative estimate of drug-likeness (QED) is 0.409. The first-order valence-electron chi connectivity index (χ1n) is 10.6. The molecule has 2 aromatic rings. The summed E-state index contributed by atoms with van der Waals surface area (Å²) in [6, 6.07) is 9.46. The van der Waals surface area contributed by atoms with Gasteiger partial charge in [-0.1, -0.05) is 6.07 Å². The minimum absolute atomic E-state index is 0.0642. The van der Waals surface area contributed by atoms with Crippen molar-refractivity contribution in [1.82, 2.24) is 9.21 Å². The van der Waals surface area contributed by atoms with Gasteiger partial charge in [0.05, 0.1) is 30.1 Å². The normalized spacial score (nSPS) is 15.4. The Morgan fingerprint density at radius 2 is 1.76 bits per heavy atom. The van der Waals surface area contributed by atoms with Gasteiger partial charge in [-0.25, -0.2) is 8.42 Å². The SMILES string of the molecule is COc1ccc([C@@H](CNc2ccc(S(=O)(=O)N3CCCC3)cc2[N+](=O)[O-])N(C)C)cc1OC. The number of methoxy groups -OCH3 is 2. The van der Waals surface area contributed by atoms with Crippen molar-refractivity contribution in [2.24, 2.45) is 0 Å². The largest absolute Gasteiger partial charge is 0.493 e. The van der Waals surface area contributed by atoms with Gasteiger partial charge in [0, 0.05) is 25.7 Å². The number of hydrogen-bond donors (Lipinski definition) is 1. The van der Waals surface area contributed by atoms with Crippen LogP contribution < -0.4 is 14.8 Å². The van der Waals surface area contributed by atoms with Crippen LogP contribution in [0.1, 0.15) is 24.4 Å². The molecule has 11 heteroatoms. The van der Waals surface area contributed by atoms with Crippen LogP contribution >= 0.6 is 0 Å². The molecule has 2 aromatic carbocycles. The predicted molar refractivity (Wildman–Crippen MR) is 126 cm³/mol. The van der Waals surface area contributed by atoms with Crippen LogP contribution in [-0.4, -0.2) is 70.5 Å². The van der Waals surface area contributed by atoms with Gasteiger partial charge in [-0.3, -0.25) is 10.1 Å². The second-order valence-corrected chi connectivity index (χ2v) is 9.96. The molecule has 33 heavy (non-hydrogen) atoms. The third-order valence-corrected chi connectivity index (χ3v) is 7.66. The van der Waals surface area contributed by atoms with Crippen LogP contribution in [0.2, 0.25) is 0 Å². The lowest BCUT2D eigenvalue weighted by molar-refractivity contribution is -0.384. The molecule has 10 nitrogen and oxygen atoms in total. The minimum Gasteiger partial charge on any atom is -0.493 e. The number of benzene rings is 2. The average molecular weight is 479 g/mol. The molecule has 0 aromatic heterocycles. The Bertz CT molecular complexity index is 1100. The molecule has 1 saturated heterocycles. The molecule has 1 aliphatic rings. The maximum absolute atomic E-state index is 12.8. The molecular weight excluding hydrogens is 448 g/mol. The third-order valence-electron chi connectivity index (χ3n) is 5.77. The Morgan fingerprint density at radius 1 is 1.09 bits per heavy atom. The number of nitrogens with one attached hydrogen (secondary N) is 1. The van der Waals surface area contributed by atoms with E-state index in [9.17, 15) is 18.5 Å². The zero-order chi connectivity index (χ0) is 24.2. The van der Waals surface area contributed by atoms with Crippen LogP contribution in [-0.2, 0) is 10.0 Å². The number of hydrogen-bond acceptors (Lipinski definition) is 8. The minimum atomic E-state index is -3.75. The summed E-state index contributed by atoms with van der Waals surface area (Å²) in [4.78, 5) is 13.1. The van der Waals surface area contributed by atoms with E-state index in [0.717, 1.165) is 24.5 Å². The first kappa shape index (κ1) is 24.7. The summed E-state index contributed by atoms with van der Waals surface area (Å²) < 4.78 is 37.7. The maximum atomic E-state index is 12.8. The summed E-state index contributed by atoms with van der Waals surface area (Å²) in [6.07, 6.45) is 1.59. The molecule has 1 heterocycles. The molecule has 180 valence electrons.